The highest BCUT2D eigenvalue weighted by Crippen LogP contribution is 2.32. The van der Waals surface area contributed by atoms with E-state index >= 15 is 0 Å². The summed E-state index contributed by atoms with van der Waals surface area (Å²) in [5.41, 5.74) is 0.514. The van der Waals surface area contributed by atoms with Gasteiger partial charge in [0.15, 0.2) is 0 Å². The van der Waals surface area contributed by atoms with Crippen molar-refractivity contribution >= 4 is 11.7 Å². The molecule has 0 aliphatic carbocycles. The SMILES string of the molecule is CCOC(=O)c1ccc(N2C[C@H](Oc3ccc(C(F)(F)F)cc3)C[C@H]2COCCF)cc1. The number of rotatable bonds is 9. The van der Waals surface area contributed by atoms with Gasteiger partial charge < -0.3 is 19.1 Å². The first-order valence-electron chi connectivity index (χ1n) is 10.3. The zero-order valence-electron chi connectivity index (χ0n) is 17.6. The third-order valence-corrected chi connectivity index (χ3v) is 5.10. The molecule has 1 aliphatic rings. The highest BCUT2D eigenvalue weighted by Gasteiger charge is 2.34. The summed E-state index contributed by atoms with van der Waals surface area (Å²) in [6.45, 7) is 2.14. The van der Waals surface area contributed by atoms with Crippen molar-refractivity contribution in [1.29, 1.82) is 0 Å². The van der Waals surface area contributed by atoms with Crippen LogP contribution in [0.1, 0.15) is 29.3 Å². The van der Waals surface area contributed by atoms with E-state index in [-0.39, 0.29) is 32.0 Å². The van der Waals surface area contributed by atoms with Gasteiger partial charge in [0.2, 0.25) is 0 Å². The average molecular weight is 455 g/mol. The van der Waals surface area contributed by atoms with Gasteiger partial charge in [-0.05, 0) is 55.5 Å². The van der Waals surface area contributed by atoms with Crippen LogP contribution in [0, 0.1) is 0 Å². The van der Waals surface area contributed by atoms with E-state index in [0.29, 0.717) is 24.3 Å². The van der Waals surface area contributed by atoms with Crippen LogP contribution < -0.4 is 9.64 Å². The van der Waals surface area contributed by atoms with Gasteiger partial charge in [0.05, 0.1) is 43.5 Å². The minimum Gasteiger partial charge on any atom is -0.489 e. The number of anilines is 1. The number of hydrogen-bond donors (Lipinski definition) is 0. The largest absolute Gasteiger partial charge is 0.489 e. The van der Waals surface area contributed by atoms with Gasteiger partial charge in [0.25, 0.3) is 0 Å². The fourth-order valence-corrected chi connectivity index (χ4v) is 3.63. The average Bonchev–Trinajstić information content (AvgIpc) is 3.16. The molecule has 0 radical (unpaired) electrons. The number of ether oxygens (including phenoxy) is 3. The molecule has 32 heavy (non-hydrogen) atoms. The van der Waals surface area contributed by atoms with Crippen LogP contribution in [0.25, 0.3) is 0 Å². The van der Waals surface area contributed by atoms with Crippen molar-refractivity contribution in [2.24, 2.45) is 0 Å². The van der Waals surface area contributed by atoms with Gasteiger partial charge in [-0.3, -0.25) is 0 Å². The molecule has 2 atom stereocenters. The lowest BCUT2D eigenvalue weighted by Crippen LogP contribution is -2.33. The van der Waals surface area contributed by atoms with E-state index in [2.05, 4.69) is 0 Å². The number of halogens is 4. The monoisotopic (exact) mass is 455 g/mol. The fourth-order valence-electron chi connectivity index (χ4n) is 3.63. The van der Waals surface area contributed by atoms with E-state index in [1.54, 1.807) is 31.2 Å². The van der Waals surface area contributed by atoms with Crippen molar-refractivity contribution in [2.45, 2.75) is 31.7 Å². The Morgan fingerprint density at radius 3 is 2.38 bits per heavy atom. The summed E-state index contributed by atoms with van der Waals surface area (Å²) < 4.78 is 67.1. The van der Waals surface area contributed by atoms with E-state index in [9.17, 15) is 22.4 Å². The summed E-state index contributed by atoms with van der Waals surface area (Å²) >= 11 is 0. The maximum Gasteiger partial charge on any atom is 0.416 e. The Bertz CT molecular complexity index is 871. The molecule has 1 fully saturated rings. The molecule has 0 spiro atoms. The predicted molar refractivity (Wildman–Crippen MR) is 111 cm³/mol. The van der Waals surface area contributed by atoms with Crippen LogP contribution in [0.3, 0.4) is 0 Å². The zero-order chi connectivity index (χ0) is 23.1. The Labute approximate surface area is 183 Å². The molecule has 2 aromatic rings. The standard InChI is InChI=1S/C23H25F4NO4/c1-2-31-22(29)16-3-7-18(8-4-16)28-14-21(13-19(28)15-30-12-11-24)32-20-9-5-17(6-10-20)23(25,26)27/h3-10,19,21H,2,11-15H2,1H3/t19-,21+/m0/s1. The Morgan fingerprint density at radius 1 is 1.09 bits per heavy atom. The topological polar surface area (TPSA) is 48.0 Å². The Balaban J connectivity index is 1.70. The molecular formula is C23H25F4NO4. The quantitative estimate of drug-likeness (QED) is 0.306. The summed E-state index contributed by atoms with van der Waals surface area (Å²) in [5, 5.41) is 0. The number of hydrogen-bond acceptors (Lipinski definition) is 5. The molecule has 0 amide bonds. The first-order chi connectivity index (χ1) is 15.3. The van der Waals surface area contributed by atoms with Gasteiger partial charge in [-0.1, -0.05) is 0 Å². The van der Waals surface area contributed by atoms with E-state index in [4.69, 9.17) is 14.2 Å². The maximum absolute atomic E-state index is 12.8. The lowest BCUT2D eigenvalue weighted by atomic mass is 10.1. The van der Waals surface area contributed by atoms with E-state index < -0.39 is 24.4 Å². The fraction of sp³-hybridized carbons (Fsp3) is 0.435. The van der Waals surface area contributed by atoms with Crippen molar-refractivity contribution in [1.82, 2.24) is 0 Å². The lowest BCUT2D eigenvalue weighted by molar-refractivity contribution is -0.137. The molecule has 1 aliphatic heterocycles. The Morgan fingerprint density at radius 2 is 1.78 bits per heavy atom. The molecular weight excluding hydrogens is 430 g/mol. The van der Waals surface area contributed by atoms with Crippen molar-refractivity contribution in [3.05, 3.63) is 59.7 Å². The second kappa shape index (κ2) is 10.7. The minimum atomic E-state index is -4.41. The van der Waals surface area contributed by atoms with Crippen LogP contribution in [-0.4, -0.2) is 51.2 Å². The summed E-state index contributed by atoms with van der Waals surface area (Å²) in [7, 11) is 0. The highest BCUT2D eigenvalue weighted by molar-refractivity contribution is 5.89. The lowest BCUT2D eigenvalue weighted by Gasteiger charge is -2.26. The van der Waals surface area contributed by atoms with Gasteiger partial charge in [-0.15, -0.1) is 0 Å². The summed E-state index contributed by atoms with van der Waals surface area (Å²) in [4.78, 5) is 13.9. The molecule has 0 N–H and O–H groups in total. The van der Waals surface area contributed by atoms with Crippen molar-refractivity contribution in [3.8, 4) is 5.75 Å². The second-order valence-electron chi connectivity index (χ2n) is 7.34. The van der Waals surface area contributed by atoms with Crippen LogP contribution >= 0.6 is 0 Å². The molecule has 0 unspecified atom stereocenters. The van der Waals surface area contributed by atoms with Crippen LogP contribution in [0.2, 0.25) is 0 Å². The van der Waals surface area contributed by atoms with Gasteiger partial charge in [-0.25, -0.2) is 9.18 Å². The number of nitrogens with zero attached hydrogens (tertiary/aromatic N) is 1. The third kappa shape index (κ3) is 6.12. The molecule has 1 saturated heterocycles. The van der Waals surface area contributed by atoms with Crippen molar-refractivity contribution in [2.75, 3.05) is 37.9 Å². The number of carbonyl (C=O) groups is 1. The number of alkyl halides is 4. The Kier molecular flexibility index (Phi) is 7.95. The first kappa shape index (κ1) is 23.8. The summed E-state index contributed by atoms with van der Waals surface area (Å²) in [6.07, 6.45) is -4.15. The molecule has 3 rings (SSSR count). The van der Waals surface area contributed by atoms with Crippen LogP contribution in [0.15, 0.2) is 48.5 Å². The van der Waals surface area contributed by atoms with Crippen molar-refractivity contribution < 1.29 is 36.6 Å². The second-order valence-corrected chi connectivity index (χ2v) is 7.34. The number of esters is 1. The first-order valence-corrected chi connectivity index (χ1v) is 10.3. The Hall–Kier alpha value is -2.81. The molecule has 0 saturated carbocycles. The van der Waals surface area contributed by atoms with Gasteiger partial charge in [0.1, 0.15) is 18.5 Å². The maximum atomic E-state index is 12.8. The van der Waals surface area contributed by atoms with Crippen LogP contribution in [0.4, 0.5) is 23.2 Å². The minimum absolute atomic E-state index is 0.0173. The summed E-state index contributed by atoms with van der Waals surface area (Å²) in [6, 6.07) is 11.4. The van der Waals surface area contributed by atoms with E-state index in [0.717, 1.165) is 17.8 Å². The van der Waals surface area contributed by atoms with Crippen LogP contribution in [-0.2, 0) is 15.7 Å². The third-order valence-electron chi connectivity index (χ3n) is 5.10. The zero-order valence-corrected chi connectivity index (χ0v) is 17.6. The van der Waals surface area contributed by atoms with Gasteiger partial charge >= 0.3 is 12.1 Å². The van der Waals surface area contributed by atoms with Crippen molar-refractivity contribution in [3.63, 3.8) is 0 Å². The van der Waals surface area contributed by atoms with E-state index in [1.165, 1.54) is 12.1 Å². The molecule has 0 aromatic heterocycles. The smallest absolute Gasteiger partial charge is 0.416 e. The molecule has 2 aromatic carbocycles. The number of benzene rings is 2. The molecule has 174 valence electrons. The van der Waals surface area contributed by atoms with E-state index in [1.807, 2.05) is 4.90 Å². The number of carbonyl (C=O) groups excluding carboxylic acids is 1. The molecule has 1 heterocycles. The van der Waals surface area contributed by atoms with Gasteiger partial charge in [0, 0.05) is 12.1 Å². The normalized spacial score (nSPS) is 18.6. The molecule has 5 nitrogen and oxygen atoms in total. The predicted octanol–water partition coefficient (Wildman–Crippen LogP) is 4.89. The van der Waals surface area contributed by atoms with Gasteiger partial charge in [-0.2, -0.15) is 13.2 Å². The molecule has 9 heteroatoms. The summed E-state index contributed by atoms with van der Waals surface area (Å²) in [5.74, 6) is -0.0715. The highest BCUT2D eigenvalue weighted by atomic mass is 19.4. The van der Waals surface area contributed by atoms with Crippen LogP contribution in [0.5, 0.6) is 5.75 Å². The molecule has 0 bridgehead atoms.